The Labute approximate surface area is 204 Å². The number of pyridine rings is 1. The van der Waals surface area contributed by atoms with Gasteiger partial charge < -0.3 is 9.64 Å². The number of hydrogen-bond donors (Lipinski definition) is 1. The summed E-state index contributed by atoms with van der Waals surface area (Å²) in [6.07, 6.45) is 9.04. The first-order valence-electron chi connectivity index (χ1n) is 12.6. The highest BCUT2D eigenvalue weighted by Gasteiger charge is 2.41. The zero-order valence-corrected chi connectivity index (χ0v) is 19.7. The molecule has 4 heterocycles. The molecule has 3 fully saturated rings. The predicted octanol–water partition coefficient (Wildman–Crippen LogP) is 2.63. The van der Waals surface area contributed by atoms with Crippen LogP contribution in [0.1, 0.15) is 65.9 Å². The molecular formula is C27H30N4O4. The monoisotopic (exact) mass is 474 g/mol. The molecule has 0 radical (unpaired) electrons. The third kappa shape index (κ3) is 4.20. The Balaban J connectivity index is 1.12. The molecule has 3 amide bonds. The molecule has 4 aliphatic rings. The van der Waals surface area contributed by atoms with Gasteiger partial charge in [-0.2, -0.15) is 0 Å². The van der Waals surface area contributed by atoms with Crippen LogP contribution in [0.3, 0.4) is 0 Å². The van der Waals surface area contributed by atoms with Crippen molar-refractivity contribution in [1.29, 1.82) is 0 Å². The highest BCUT2D eigenvalue weighted by atomic mass is 16.5. The van der Waals surface area contributed by atoms with Gasteiger partial charge in [-0.3, -0.25) is 29.6 Å². The van der Waals surface area contributed by atoms with Gasteiger partial charge in [0.25, 0.3) is 5.91 Å². The van der Waals surface area contributed by atoms with Crippen LogP contribution in [0.5, 0.6) is 5.75 Å². The number of aromatic nitrogens is 1. The van der Waals surface area contributed by atoms with Crippen molar-refractivity contribution in [3.05, 3.63) is 59.4 Å². The van der Waals surface area contributed by atoms with E-state index in [1.165, 1.54) is 12.0 Å². The summed E-state index contributed by atoms with van der Waals surface area (Å²) in [5, 5.41) is 2.35. The van der Waals surface area contributed by atoms with Crippen molar-refractivity contribution < 1.29 is 19.1 Å². The molecule has 2 saturated heterocycles. The van der Waals surface area contributed by atoms with Crippen molar-refractivity contribution in [2.75, 3.05) is 13.1 Å². The first-order chi connectivity index (χ1) is 17.1. The number of benzene rings is 1. The lowest BCUT2D eigenvalue weighted by Crippen LogP contribution is -2.57. The topological polar surface area (TPSA) is 91.8 Å². The van der Waals surface area contributed by atoms with E-state index in [1.807, 2.05) is 30.6 Å². The lowest BCUT2D eigenvalue weighted by atomic mass is 9.84. The highest BCUT2D eigenvalue weighted by molar-refractivity contribution is 6.05. The molecule has 35 heavy (non-hydrogen) atoms. The number of fused-ring (bicyclic) bond motifs is 1. The zero-order valence-electron chi connectivity index (χ0n) is 19.7. The van der Waals surface area contributed by atoms with E-state index in [9.17, 15) is 14.4 Å². The van der Waals surface area contributed by atoms with Crippen LogP contribution < -0.4 is 10.1 Å². The van der Waals surface area contributed by atoms with E-state index in [0.29, 0.717) is 30.5 Å². The van der Waals surface area contributed by atoms with E-state index in [0.717, 1.165) is 43.7 Å². The Morgan fingerprint density at radius 2 is 1.77 bits per heavy atom. The molecule has 0 bridgehead atoms. The van der Waals surface area contributed by atoms with Crippen molar-refractivity contribution in [3.8, 4) is 5.75 Å². The molecule has 3 aliphatic heterocycles. The minimum atomic E-state index is -0.598. The number of piperidine rings is 1. The zero-order chi connectivity index (χ0) is 23.9. The second kappa shape index (κ2) is 9.07. The Kier molecular flexibility index (Phi) is 5.76. The van der Waals surface area contributed by atoms with Gasteiger partial charge in [0.05, 0.1) is 0 Å². The standard InChI is InChI=1S/C27H30N4O4/c32-25-8-7-23(26(33)29-25)31-16-18-13-20(5-6-21(18)27(31)34)35-24-4-2-1-3-22(24)30-14-19(15-30)17-9-11-28-12-10-17/h5-6,9-13,19,22-24H,1-4,7-8,14-16H2,(H,29,32,33)/t22-,23-,24+/m0/s1. The largest absolute Gasteiger partial charge is 0.489 e. The summed E-state index contributed by atoms with van der Waals surface area (Å²) in [5.41, 5.74) is 2.85. The van der Waals surface area contributed by atoms with Gasteiger partial charge in [-0.1, -0.05) is 6.42 Å². The van der Waals surface area contributed by atoms with Crippen molar-refractivity contribution in [1.82, 2.24) is 20.1 Å². The number of carbonyl (C=O) groups excluding carboxylic acids is 3. The number of nitrogens with one attached hydrogen (secondary N) is 1. The molecule has 0 unspecified atom stereocenters. The van der Waals surface area contributed by atoms with Crippen molar-refractivity contribution in [2.24, 2.45) is 0 Å². The van der Waals surface area contributed by atoms with Gasteiger partial charge in [0.2, 0.25) is 11.8 Å². The molecule has 182 valence electrons. The van der Waals surface area contributed by atoms with Gasteiger partial charge in [-0.25, -0.2) is 0 Å². The Morgan fingerprint density at radius 3 is 2.57 bits per heavy atom. The summed E-state index contributed by atoms with van der Waals surface area (Å²) >= 11 is 0. The van der Waals surface area contributed by atoms with E-state index in [-0.39, 0.29) is 30.2 Å². The molecule has 1 saturated carbocycles. The van der Waals surface area contributed by atoms with Crippen LogP contribution >= 0.6 is 0 Å². The van der Waals surface area contributed by atoms with Gasteiger partial charge in [-0.05, 0) is 67.1 Å². The van der Waals surface area contributed by atoms with Crippen LogP contribution in [0.25, 0.3) is 0 Å². The Morgan fingerprint density at radius 1 is 0.971 bits per heavy atom. The van der Waals surface area contributed by atoms with Gasteiger partial charge in [-0.15, -0.1) is 0 Å². The molecule has 1 aromatic carbocycles. The Hall–Kier alpha value is -3.26. The fourth-order valence-electron chi connectivity index (χ4n) is 6.06. The fraction of sp³-hybridized carbons (Fsp3) is 0.481. The summed E-state index contributed by atoms with van der Waals surface area (Å²) in [6.45, 7) is 2.47. The van der Waals surface area contributed by atoms with Crippen LogP contribution in [-0.4, -0.2) is 63.8 Å². The third-order valence-electron chi connectivity index (χ3n) is 8.01. The first-order valence-corrected chi connectivity index (χ1v) is 12.6. The van der Waals surface area contributed by atoms with E-state index in [4.69, 9.17) is 4.74 Å². The number of hydrogen-bond acceptors (Lipinski definition) is 6. The van der Waals surface area contributed by atoms with Crippen LogP contribution in [0, 0.1) is 0 Å². The highest BCUT2D eigenvalue weighted by Crippen LogP contribution is 2.36. The lowest BCUT2D eigenvalue weighted by molar-refractivity contribution is -0.136. The maximum Gasteiger partial charge on any atom is 0.255 e. The molecule has 3 atom stereocenters. The second-order valence-corrected chi connectivity index (χ2v) is 10.2. The summed E-state index contributed by atoms with van der Waals surface area (Å²) in [5.74, 6) is 0.528. The fourth-order valence-corrected chi connectivity index (χ4v) is 6.06. The number of nitrogens with zero attached hydrogens (tertiary/aromatic N) is 3. The van der Waals surface area contributed by atoms with E-state index >= 15 is 0 Å². The average Bonchev–Trinajstić information content (AvgIpc) is 3.15. The lowest BCUT2D eigenvalue weighted by Gasteiger charge is -2.48. The molecule has 1 aromatic heterocycles. The molecule has 1 N–H and O–H groups in total. The number of imide groups is 1. The maximum absolute atomic E-state index is 13.0. The molecule has 1 aliphatic carbocycles. The van der Waals surface area contributed by atoms with Crippen molar-refractivity contribution in [3.63, 3.8) is 0 Å². The quantitative estimate of drug-likeness (QED) is 0.670. The van der Waals surface area contributed by atoms with E-state index in [1.54, 1.807) is 4.90 Å². The minimum absolute atomic E-state index is 0.128. The third-order valence-corrected chi connectivity index (χ3v) is 8.01. The summed E-state index contributed by atoms with van der Waals surface area (Å²) < 4.78 is 6.54. The number of carbonyl (C=O) groups is 3. The summed E-state index contributed by atoms with van der Waals surface area (Å²) in [4.78, 5) is 45.0. The van der Waals surface area contributed by atoms with Crippen LogP contribution in [0.2, 0.25) is 0 Å². The van der Waals surface area contributed by atoms with Gasteiger partial charge >= 0.3 is 0 Å². The smallest absolute Gasteiger partial charge is 0.255 e. The number of ether oxygens (including phenoxy) is 1. The van der Waals surface area contributed by atoms with Crippen molar-refractivity contribution in [2.45, 2.75) is 69.2 Å². The molecular weight excluding hydrogens is 444 g/mol. The summed E-state index contributed by atoms with van der Waals surface area (Å²) in [6, 6.07) is 9.69. The minimum Gasteiger partial charge on any atom is -0.489 e. The van der Waals surface area contributed by atoms with E-state index in [2.05, 4.69) is 27.3 Å². The second-order valence-electron chi connectivity index (χ2n) is 10.2. The van der Waals surface area contributed by atoms with Crippen LogP contribution in [-0.2, 0) is 16.1 Å². The number of likely N-dealkylation sites (tertiary alicyclic amines) is 1. The summed E-state index contributed by atoms with van der Waals surface area (Å²) in [7, 11) is 0. The van der Waals surface area contributed by atoms with Crippen molar-refractivity contribution >= 4 is 17.7 Å². The predicted molar refractivity (Wildman–Crippen MR) is 128 cm³/mol. The molecule has 8 heteroatoms. The Bertz CT molecular complexity index is 1150. The van der Waals surface area contributed by atoms with Gasteiger partial charge in [0, 0.05) is 56.0 Å². The van der Waals surface area contributed by atoms with E-state index < -0.39 is 6.04 Å². The average molecular weight is 475 g/mol. The first kappa shape index (κ1) is 22.2. The molecule has 0 spiro atoms. The van der Waals surface area contributed by atoms with Crippen LogP contribution in [0.4, 0.5) is 0 Å². The normalized spacial score (nSPS) is 27.4. The van der Waals surface area contributed by atoms with Crippen LogP contribution in [0.15, 0.2) is 42.7 Å². The molecule has 6 rings (SSSR count). The molecule has 2 aromatic rings. The SMILES string of the molecule is O=C1CC[C@H](N2Cc3cc(O[C@@H]4CCCC[C@@H]4N4CC(c5ccncc5)C4)ccc3C2=O)C(=O)N1. The number of amides is 3. The maximum atomic E-state index is 13.0. The molecule has 8 nitrogen and oxygen atoms in total. The van der Waals surface area contributed by atoms with Gasteiger partial charge in [0.1, 0.15) is 17.9 Å². The van der Waals surface area contributed by atoms with Gasteiger partial charge in [0.15, 0.2) is 0 Å². The number of rotatable bonds is 5.